The van der Waals surface area contributed by atoms with E-state index in [0.29, 0.717) is 0 Å². The summed E-state index contributed by atoms with van der Waals surface area (Å²) in [7, 11) is 0. The second kappa shape index (κ2) is 12.9. The minimum Gasteiger partial charge on any atom is -0.394 e. The summed E-state index contributed by atoms with van der Waals surface area (Å²) in [4.78, 5) is 0. The number of aliphatic hydroxyl groups is 8. The Kier molecular flexibility index (Phi) is 10.9. The van der Waals surface area contributed by atoms with Gasteiger partial charge in [0.2, 0.25) is 0 Å². The van der Waals surface area contributed by atoms with E-state index >= 15 is 0 Å². The summed E-state index contributed by atoms with van der Waals surface area (Å²) in [5, 5.41) is 84.8. The predicted octanol–water partition coefficient (Wildman–Crippen LogP) is -5.33. The summed E-state index contributed by atoms with van der Waals surface area (Å²) in [5.41, 5.74) is 12.7. The molecule has 40 heavy (non-hydrogen) atoms. The first kappa shape index (κ1) is 33.9. The SMILES string of the molecule is CC[C@]1(CO)O[C@H](OC2[C@@H](CO)O[C@@H](OC3[C@@H](CO)O[C@@H](O)[C@H](N)[C@H]3O)[C@H](N)[C@H]2O)[C@H](N)[C@](O)(CC)[C@@]1(O)CC. The Bertz CT molecular complexity index is 813. The van der Waals surface area contributed by atoms with Crippen LogP contribution in [0.5, 0.6) is 0 Å². The van der Waals surface area contributed by atoms with E-state index in [1.54, 1.807) is 20.8 Å². The number of rotatable bonds is 10. The molecule has 0 amide bonds. The van der Waals surface area contributed by atoms with E-state index in [4.69, 9.17) is 40.9 Å². The lowest BCUT2D eigenvalue weighted by molar-refractivity contribution is -0.396. The van der Waals surface area contributed by atoms with Gasteiger partial charge in [0.1, 0.15) is 53.4 Å². The molecular weight excluding hydrogens is 538 g/mol. The van der Waals surface area contributed by atoms with Crippen molar-refractivity contribution in [3.05, 3.63) is 0 Å². The second-order valence-electron chi connectivity index (χ2n) is 10.8. The molecule has 3 fully saturated rings. The van der Waals surface area contributed by atoms with Crippen LogP contribution in [0.15, 0.2) is 0 Å². The molecule has 3 saturated heterocycles. The molecule has 3 heterocycles. The van der Waals surface area contributed by atoms with Crippen LogP contribution in [0.2, 0.25) is 0 Å². The smallest absolute Gasteiger partial charge is 0.177 e. The van der Waals surface area contributed by atoms with Gasteiger partial charge in [-0.1, -0.05) is 20.8 Å². The van der Waals surface area contributed by atoms with Crippen molar-refractivity contribution >= 4 is 0 Å². The Balaban J connectivity index is 1.85. The van der Waals surface area contributed by atoms with Gasteiger partial charge < -0.3 is 81.7 Å². The van der Waals surface area contributed by atoms with Crippen LogP contribution >= 0.6 is 0 Å². The molecule has 0 aromatic rings. The molecule has 15 atom stereocenters. The van der Waals surface area contributed by atoms with Crippen LogP contribution < -0.4 is 17.2 Å². The van der Waals surface area contributed by atoms with Crippen LogP contribution in [-0.2, 0) is 23.7 Å². The van der Waals surface area contributed by atoms with E-state index in [1.165, 1.54) is 0 Å². The lowest BCUT2D eigenvalue weighted by atomic mass is 9.62. The van der Waals surface area contributed by atoms with Crippen molar-refractivity contribution in [2.75, 3.05) is 19.8 Å². The average molecular weight is 586 g/mol. The van der Waals surface area contributed by atoms with E-state index < -0.39 is 110 Å². The minimum atomic E-state index is -1.98. The van der Waals surface area contributed by atoms with E-state index in [9.17, 15) is 40.9 Å². The molecule has 0 bridgehead atoms. The van der Waals surface area contributed by atoms with Gasteiger partial charge in [-0.15, -0.1) is 0 Å². The lowest BCUT2D eigenvalue weighted by Gasteiger charge is -2.61. The van der Waals surface area contributed by atoms with Gasteiger partial charge in [0, 0.05) is 0 Å². The average Bonchev–Trinajstić information content (AvgIpc) is 2.96. The van der Waals surface area contributed by atoms with Gasteiger partial charge in [0.15, 0.2) is 18.9 Å². The van der Waals surface area contributed by atoms with Crippen molar-refractivity contribution in [2.24, 2.45) is 17.2 Å². The Morgan fingerprint density at radius 3 is 1.73 bits per heavy atom. The van der Waals surface area contributed by atoms with Crippen molar-refractivity contribution < 1.29 is 64.5 Å². The van der Waals surface area contributed by atoms with Crippen molar-refractivity contribution in [3.63, 3.8) is 0 Å². The molecule has 16 nitrogen and oxygen atoms in total. The summed E-state index contributed by atoms with van der Waals surface area (Å²) in [6.07, 6.45) is -12.8. The van der Waals surface area contributed by atoms with Crippen LogP contribution in [0.25, 0.3) is 0 Å². The third kappa shape index (κ3) is 5.32. The summed E-state index contributed by atoms with van der Waals surface area (Å²) < 4.78 is 28.7. The summed E-state index contributed by atoms with van der Waals surface area (Å²) in [6, 6.07) is -4.00. The van der Waals surface area contributed by atoms with Crippen LogP contribution in [-0.4, -0.2) is 151 Å². The summed E-state index contributed by atoms with van der Waals surface area (Å²) in [6.45, 7) is 2.85. The maximum absolute atomic E-state index is 11.6. The van der Waals surface area contributed by atoms with E-state index in [1.807, 2.05) is 0 Å². The monoisotopic (exact) mass is 585 g/mol. The van der Waals surface area contributed by atoms with Crippen molar-refractivity contribution in [2.45, 2.75) is 130 Å². The van der Waals surface area contributed by atoms with Crippen molar-refractivity contribution in [1.29, 1.82) is 0 Å². The maximum Gasteiger partial charge on any atom is 0.177 e. The quantitative estimate of drug-likeness (QED) is 0.114. The van der Waals surface area contributed by atoms with Crippen molar-refractivity contribution in [3.8, 4) is 0 Å². The van der Waals surface area contributed by atoms with Gasteiger partial charge in [-0.25, -0.2) is 0 Å². The molecular formula is C24H47N3O13. The van der Waals surface area contributed by atoms with Crippen molar-refractivity contribution in [1.82, 2.24) is 0 Å². The van der Waals surface area contributed by atoms with Crippen LogP contribution in [0.3, 0.4) is 0 Å². The Morgan fingerprint density at radius 1 is 0.725 bits per heavy atom. The highest BCUT2D eigenvalue weighted by Gasteiger charge is 2.69. The zero-order chi connectivity index (χ0) is 30.2. The molecule has 0 aromatic carbocycles. The van der Waals surface area contributed by atoms with Crippen LogP contribution in [0.1, 0.15) is 40.0 Å². The molecule has 0 radical (unpaired) electrons. The van der Waals surface area contributed by atoms with Gasteiger partial charge in [0.25, 0.3) is 0 Å². The second-order valence-corrected chi connectivity index (χ2v) is 10.8. The first-order valence-corrected chi connectivity index (χ1v) is 13.6. The molecule has 16 heteroatoms. The molecule has 0 aromatic heterocycles. The van der Waals surface area contributed by atoms with Crippen LogP contribution in [0, 0.1) is 0 Å². The van der Waals surface area contributed by atoms with Gasteiger partial charge in [-0.05, 0) is 19.3 Å². The molecule has 3 aliphatic rings. The molecule has 14 N–H and O–H groups in total. The number of ether oxygens (including phenoxy) is 5. The Labute approximate surface area is 232 Å². The first-order chi connectivity index (χ1) is 18.8. The number of aliphatic hydroxyl groups excluding tert-OH is 6. The summed E-state index contributed by atoms with van der Waals surface area (Å²) in [5.74, 6) is 0. The topological polar surface area (TPSA) is 286 Å². The molecule has 0 saturated carbocycles. The van der Waals surface area contributed by atoms with Gasteiger partial charge >= 0.3 is 0 Å². The molecule has 236 valence electrons. The van der Waals surface area contributed by atoms with E-state index in [-0.39, 0.29) is 19.3 Å². The highest BCUT2D eigenvalue weighted by molar-refractivity contribution is 5.19. The number of hydrogen-bond acceptors (Lipinski definition) is 16. The fourth-order valence-electron chi connectivity index (χ4n) is 6.17. The Morgan fingerprint density at radius 2 is 1.25 bits per heavy atom. The highest BCUT2D eigenvalue weighted by Crippen LogP contribution is 2.49. The third-order valence-corrected chi connectivity index (χ3v) is 8.94. The fraction of sp³-hybridized carbons (Fsp3) is 1.00. The zero-order valence-electron chi connectivity index (χ0n) is 23.0. The molecule has 0 spiro atoms. The zero-order valence-corrected chi connectivity index (χ0v) is 23.0. The van der Waals surface area contributed by atoms with Gasteiger partial charge in [0.05, 0.1) is 37.9 Å². The largest absolute Gasteiger partial charge is 0.394 e. The van der Waals surface area contributed by atoms with Gasteiger partial charge in [-0.3, -0.25) is 0 Å². The van der Waals surface area contributed by atoms with Gasteiger partial charge in [-0.2, -0.15) is 0 Å². The molecule has 3 aliphatic heterocycles. The Hall–Kier alpha value is -0.640. The third-order valence-electron chi connectivity index (χ3n) is 8.94. The van der Waals surface area contributed by atoms with Crippen LogP contribution in [0.4, 0.5) is 0 Å². The predicted molar refractivity (Wildman–Crippen MR) is 135 cm³/mol. The maximum atomic E-state index is 11.6. The normalized spacial score (nSPS) is 52.0. The molecule has 3 rings (SSSR count). The fourth-order valence-corrected chi connectivity index (χ4v) is 6.17. The number of nitrogens with two attached hydrogens (primary N) is 3. The lowest BCUT2D eigenvalue weighted by Crippen LogP contribution is -2.82. The number of hydrogen-bond donors (Lipinski definition) is 11. The first-order valence-electron chi connectivity index (χ1n) is 13.6. The molecule has 2 unspecified atom stereocenters. The standard InChI is InChI=1S/C24H47N3O13/c1-4-22(9-30)24(35,6-3)23(34,5-2)18(27)21(40-22)39-17-11(8-29)37-20(13(26)15(17)32)38-16-10(7-28)36-19(33)12(25)14(16)31/h10-21,28-35H,4-9,25-27H2,1-3H3/t10-,11-,12-,13-,14-,15-,16?,17?,18+,19-,20+,21+,22-,23-,24-/m1/s1. The van der Waals surface area contributed by atoms with E-state index in [2.05, 4.69) is 0 Å². The van der Waals surface area contributed by atoms with E-state index in [0.717, 1.165) is 0 Å². The summed E-state index contributed by atoms with van der Waals surface area (Å²) >= 11 is 0. The molecule has 0 aliphatic carbocycles. The minimum absolute atomic E-state index is 0.00324. The highest BCUT2D eigenvalue weighted by atomic mass is 16.7.